The maximum absolute atomic E-state index is 12.1. The molecule has 1 fully saturated rings. The summed E-state index contributed by atoms with van der Waals surface area (Å²) in [5.74, 6) is -0.265. The van der Waals surface area contributed by atoms with Crippen molar-refractivity contribution in [3.05, 3.63) is 33.9 Å². The highest BCUT2D eigenvalue weighted by Crippen LogP contribution is 2.30. The minimum absolute atomic E-state index is 0.0314. The van der Waals surface area contributed by atoms with Crippen molar-refractivity contribution in [2.45, 2.75) is 45.6 Å². The lowest BCUT2D eigenvalue weighted by Gasteiger charge is -2.33. The Balaban J connectivity index is 1.95. The van der Waals surface area contributed by atoms with Crippen LogP contribution in [0.3, 0.4) is 0 Å². The molecule has 1 aromatic carbocycles. The van der Waals surface area contributed by atoms with Crippen molar-refractivity contribution in [1.29, 1.82) is 0 Å². The number of nitro groups is 1. The lowest BCUT2D eigenvalue weighted by Crippen LogP contribution is -2.42. The first-order valence-electron chi connectivity index (χ1n) is 9.54. The van der Waals surface area contributed by atoms with Crippen LogP contribution in [0.4, 0.5) is 10.5 Å². The number of benzene rings is 1. The number of hydrogen-bond donors (Lipinski definition) is 0. The number of carbonyl (C=O) groups excluding carboxylic acids is 2. The highest BCUT2D eigenvalue weighted by atomic mass is 16.6. The number of amides is 1. The molecular formula is C20H28N2O7. The Kier molecular flexibility index (Phi) is 7.41. The smallest absolute Gasteiger partial charge is 0.410 e. The number of nitrogens with zero attached hydrogens (tertiary/aromatic N) is 2. The number of methoxy groups -OCH3 is 1. The number of rotatable bonds is 6. The number of carbonyl (C=O) groups is 2. The van der Waals surface area contributed by atoms with E-state index in [0.29, 0.717) is 25.4 Å². The van der Waals surface area contributed by atoms with Gasteiger partial charge in [0.1, 0.15) is 5.60 Å². The second-order valence-corrected chi connectivity index (χ2v) is 8.04. The molecular weight excluding hydrogens is 380 g/mol. The van der Waals surface area contributed by atoms with Gasteiger partial charge < -0.3 is 19.1 Å². The molecule has 0 unspecified atom stereocenters. The average Bonchev–Trinajstić information content (AvgIpc) is 2.65. The van der Waals surface area contributed by atoms with Crippen LogP contribution in [0, 0.1) is 16.0 Å². The summed E-state index contributed by atoms with van der Waals surface area (Å²) >= 11 is 0. The van der Waals surface area contributed by atoms with Crippen molar-refractivity contribution >= 4 is 17.7 Å². The fourth-order valence-corrected chi connectivity index (χ4v) is 3.13. The molecule has 1 heterocycles. The molecule has 1 aliphatic heterocycles. The highest BCUT2D eigenvalue weighted by molar-refractivity contribution is 5.71. The van der Waals surface area contributed by atoms with Crippen LogP contribution in [-0.2, 0) is 20.7 Å². The van der Waals surface area contributed by atoms with Gasteiger partial charge in [0.05, 0.1) is 12.0 Å². The highest BCUT2D eigenvalue weighted by Gasteiger charge is 2.27. The molecule has 1 amide bonds. The summed E-state index contributed by atoms with van der Waals surface area (Å²) in [5.41, 5.74) is 0.111. The first-order valence-corrected chi connectivity index (χ1v) is 9.54. The van der Waals surface area contributed by atoms with Gasteiger partial charge in [-0.05, 0) is 57.6 Å². The molecule has 1 aliphatic rings. The van der Waals surface area contributed by atoms with E-state index in [0.717, 1.165) is 18.4 Å². The van der Waals surface area contributed by atoms with Gasteiger partial charge in [-0.3, -0.25) is 10.1 Å². The van der Waals surface area contributed by atoms with Gasteiger partial charge in [-0.1, -0.05) is 6.07 Å². The summed E-state index contributed by atoms with van der Waals surface area (Å²) < 4.78 is 15.1. The Morgan fingerprint density at radius 2 is 1.90 bits per heavy atom. The predicted octanol–water partition coefficient (Wildman–Crippen LogP) is 3.34. The summed E-state index contributed by atoms with van der Waals surface area (Å²) in [4.78, 5) is 35.9. The third-order valence-electron chi connectivity index (χ3n) is 4.58. The molecule has 0 aromatic heterocycles. The number of nitro benzene ring substituents is 1. The van der Waals surface area contributed by atoms with Gasteiger partial charge in [0.2, 0.25) is 0 Å². The Labute approximate surface area is 170 Å². The van der Waals surface area contributed by atoms with Gasteiger partial charge in [0.15, 0.2) is 12.4 Å². The third kappa shape index (κ3) is 6.92. The lowest BCUT2D eigenvalue weighted by molar-refractivity contribution is -0.385. The number of ether oxygens (including phenoxy) is 3. The van der Waals surface area contributed by atoms with Crippen LogP contribution >= 0.6 is 0 Å². The Hall–Kier alpha value is -2.84. The predicted molar refractivity (Wildman–Crippen MR) is 105 cm³/mol. The second-order valence-electron chi connectivity index (χ2n) is 8.04. The fourth-order valence-electron chi connectivity index (χ4n) is 3.13. The largest absolute Gasteiger partial charge is 0.475 e. The van der Waals surface area contributed by atoms with Crippen molar-refractivity contribution in [3.63, 3.8) is 0 Å². The van der Waals surface area contributed by atoms with Crippen molar-refractivity contribution in [3.8, 4) is 5.75 Å². The standard InChI is InChI=1S/C20H28N2O7/c1-20(2,3)29-19(24)21-9-7-14(8-10-21)11-15-5-6-17(16(12-15)22(25)26)28-13-18(23)27-4/h5-6,12,14H,7-11,13H2,1-4H3. The number of hydrogen-bond acceptors (Lipinski definition) is 7. The van der Waals surface area contributed by atoms with E-state index in [2.05, 4.69) is 4.74 Å². The van der Waals surface area contributed by atoms with E-state index in [-0.39, 0.29) is 24.1 Å². The van der Waals surface area contributed by atoms with E-state index >= 15 is 0 Å². The molecule has 0 saturated carbocycles. The molecule has 9 heteroatoms. The van der Waals surface area contributed by atoms with E-state index in [9.17, 15) is 19.7 Å². The van der Waals surface area contributed by atoms with Crippen molar-refractivity contribution in [2.24, 2.45) is 5.92 Å². The molecule has 2 rings (SSSR count). The van der Waals surface area contributed by atoms with E-state index in [1.54, 1.807) is 11.0 Å². The third-order valence-corrected chi connectivity index (χ3v) is 4.58. The minimum atomic E-state index is -0.611. The molecule has 0 aliphatic carbocycles. The van der Waals surface area contributed by atoms with E-state index in [1.165, 1.54) is 19.2 Å². The zero-order chi connectivity index (χ0) is 21.6. The fraction of sp³-hybridized carbons (Fsp3) is 0.600. The van der Waals surface area contributed by atoms with Crippen molar-refractivity contribution < 1.29 is 28.7 Å². The number of esters is 1. The van der Waals surface area contributed by atoms with Gasteiger partial charge in [-0.25, -0.2) is 9.59 Å². The first kappa shape index (κ1) is 22.4. The number of likely N-dealkylation sites (tertiary alicyclic amines) is 1. The maximum atomic E-state index is 12.1. The second kappa shape index (κ2) is 9.58. The molecule has 0 spiro atoms. The molecule has 160 valence electrons. The first-order chi connectivity index (χ1) is 13.6. The lowest BCUT2D eigenvalue weighted by atomic mass is 9.90. The average molecular weight is 408 g/mol. The molecule has 0 atom stereocenters. The summed E-state index contributed by atoms with van der Waals surface area (Å²) in [7, 11) is 1.22. The van der Waals surface area contributed by atoms with E-state index < -0.39 is 16.5 Å². The van der Waals surface area contributed by atoms with Crippen LogP contribution < -0.4 is 4.74 Å². The molecule has 0 bridgehead atoms. The molecule has 1 saturated heterocycles. The van der Waals surface area contributed by atoms with Crippen LogP contribution in [0.1, 0.15) is 39.2 Å². The van der Waals surface area contributed by atoms with Crippen molar-refractivity contribution in [1.82, 2.24) is 4.90 Å². The number of piperidine rings is 1. The molecule has 0 N–H and O–H groups in total. The van der Waals surface area contributed by atoms with Crippen LogP contribution in [-0.4, -0.2) is 54.3 Å². The Bertz CT molecular complexity index is 750. The summed E-state index contributed by atoms with van der Waals surface area (Å²) in [5, 5.41) is 11.4. The Morgan fingerprint density at radius 3 is 2.45 bits per heavy atom. The maximum Gasteiger partial charge on any atom is 0.410 e. The van der Waals surface area contributed by atoms with Gasteiger partial charge in [-0.15, -0.1) is 0 Å². The van der Waals surface area contributed by atoms with Gasteiger partial charge >= 0.3 is 17.7 Å². The monoisotopic (exact) mass is 408 g/mol. The van der Waals surface area contributed by atoms with Crippen LogP contribution in [0.5, 0.6) is 5.75 Å². The van der Waals surface area contributed by atoms with Gasteiger partial charge in [0, 0.05) is 19.2 Å². The molecule has 0 radical (unpaired) electrons. The summed E-state index contributed by atoms with van der Waals surface area (Å²) in [6.45, 7) is 6.32. The summed E-state index contributed by atoms with van der Waals surface area (Å²) in [6.07, 6.45) is 1.96. The van der Waals surface area contributed by atoms with E-state index in [4.69, 9.17) is 9.47 Å². The SMILES string of the molecule is COC(=O)COc1ccc(CC2CCN(C(=O)OC(C)(C)C)CC2)cc1[N+](=O)[O-]. The topological polar surface area (TPSA) is 108 Å². The molecule has 1 aromatic rings. The Morgan fingerprint density at radius 1 is 1.24 bits per heavy atom. The quantitative estimate of drug-likeness (QED) is 0.403. The van der Waals surface area contributed by atoms with Crippen LogP contribution in [0.25, 0.3) is 0 Å². The van der Waals surface area contributed by atoms with Crippen molar-refractivity contribution in [2.75, 3.05) is 26.8 Å². The summed E-state index contributed by atoms with van der Waals surface area (Å²) in [6, 6.07) is 4.75. The van der Waals surface area contributed by atoms with Crippen LogP contribution in [0.15, 0.2) is 18.2 Å². The zero-order valence-corrected chi connectivity index (χ0v) is 17.3. The zero-order valence-electron chi connectivity index (χ0n) is 17.3. The van der Waals surface area contributed by atoms with E-state index in [1.807, 2.05) is 20.8 Å². The van der Waals surface area contributed by atoms with Crippen LogP contribution in [0.2, 0.25) is 0 Å². The van der Waals surface area contributed by atoms with Gasteiger partial charge in [-0.2, -0.15) is 0 Å². The van der Waals surface area contributed by atoms with Gasteiger partial charge in [0.25, 0.3) is 0 Å². The molecule has 9 nitrogen and oxygen atoms in total. The minimum Gasteiger partial charge on any atom is -0.475 e. The molecule has 29 heavy (non-hydrogen) atoms. The normalized spacial score (nSPS) is 15.0.